The first-order valence-corrected chi connectivity index (χ1v) is 10.2. The van der Waals surface area contributed by atoms with Gasteiger partial charge < -0.3 is 20.3 Å². The summed E-state index contributed by atoms with van der Waals surface area (Å²) in [6, 6.07) is 6.24. The number of benzene rings is 2. The molecule has 0 aromatic heterocycles. The molecule has 2 aromatic rings. The van der Waals surface area contributed by atoms with Crippen molar-refractivity contribution in [2.24, 2.45) is 0 Å². The van der Waals surface area contributed by atoms with Crippen molar-refractivity contribution in [2.45, 2.75) is 33.2 Å². The Morgan fingerprint density at radius 2 is 1.78 bits per heavy atom. The van der Waals surface area contributed by atoms with Gasteiger partial charge in [0, 0.05) is 13.3 Å². The van der Waals surface area contributed by atoms with Crippen molar-refractivity contribution in [1.29, 1.82) is 0 Å². The molecule has 0 fully saturated rings. The molecular formula is C19H19I2NO5. The van der Waals surface area contributed by atoms with Gasteiger partial charge in [0.2, 0.25) is 5.91 Å². The molecule has 1 atom stereocenters. The Kier molecular flexibility index (Phi) is 7.32. The van der Waals surface area contributed by atoms with E-state index in [-0.39, 0.29) is 18.1 Å². The van der Waals surface area contributed by atoms with Crippen LogP contribution in [0.3, 0.4) is 0 Å². The average Bonchev–Trinajstić information content (AvgIpc) is 2.54. The highest BCUT2D eigenvalue weighted by Crippen LogP contribution is 2.35. The van der Waals surface area contributed by atoms with E-state index in [2.05, 4.69) is 27.9 Å². The largest absolute Gasteiger partial charge is 0.507 e. The number of aryl methyl sites for hydroxylation is 2. The molecule has 0 saturated heterocycles. The van der Waals surface area contributed by atoms with Gasteiger partial charge in [0.1, 0.15) is 23.3 Å². The number of rotatable bonds is 6. The number of hydrogen-bond donors (Lipinski definition) is 3. The molecule has 0 spiro atoms. The van der Waals surface area contributed by atoms with Gasteiger partial charge in [-0.25, -0.2) is 4.79 Å². The summed E-state index contributed by atoms with van der Waals surface area (Å²) in [6.45, 7) is 4.98. The predicted octanol–water partition coefficient (Wildman–Crippen LogP) is 4.14. The zero-order valence-corrected chi connectivity index (χ0v) is 19.3. The molecule has 6 nitrogen and oxygen atoms in total. The number of carbonyl (C=O) groups excluding carboxylic acids is 1. The molecule has 0 bridgehead atoms. The zero-order chi connectivity index (χ0) is 20.3. The highest BCUT2D eigenvalue weighted by Gasteiger charge is 2.20. The van der Waals surface area contributed by atoms with Crippen LogP contribution in [0.4, 0.5) is 0 Å². The summed E-state index contributed by atoms with van der Waals surface area (Å²) in [5.74, 6) is 0.0672. The van der Waals surface area contributed by atoms with E-state index in [4.69, 9.17) is 4.74 Å². The van der Waals surface area contributed by atoms with Gasteiger partial charge in [-0.15, -0.1) is 0 Å². The SMILES string of the molecule is CC(=O)NC(Cc1cc(C)c(Oc2cc(C)c(O)c(I)c2)c(I)c1)C(=O)O. The number of phenolic OH excluding ortho intramolecular Hbond substituents is 1. The molecule has 2 aromatic carbocycles. The van der Waals surface area contributed by atoms with Crippen LogP contribution in [0.15, 0.2) is 24.3 Å². The van der Waals surface area contributed by atoms with Gasteiger partial charge in [-0.2, -0.15) is 0 Å². The van der Waals surface area contributed by atoms with E-state index in [1.807, 2.05) is 41.6 Å². The van der Waals surface area contributed by atoms with Crippen LogP contribution in [0.2, 0.25) is 0 Å². The Morgan fingerprint density at radius 3 is 2.30 bits per heavy atom. The zero-order valence-electron chi connectivity index (χ0n) is 15.0. The van der Waals surface area contributed by atoms with E-state index >= 15 is 0 Å². The van der Waals surface area contributed by atoms with Crippen LogP contribution in [0.1, 0.15) is 23.6 Å². The first kappa shape index (κ1) is 21.7. The third kappa shape index (κ3) is 5.71. The Morgan fingerprint density at radius 1 is 1.11 bits per heavy atom. The van der Waals surface area contributed by atoms with Crippen molar-refractivity contribution < 1.29 is 24.5 Å². The summed E-state index contributed by atoms with van der Waals surface area (Å²) in [6.07, 6.45) is 0.183. The van der Waals surface area contributed by atoms with E-state index in [0.29, 0.717) is 15.1 Å². The number of aliphatic carboxylic acids is 1. The molecule has 27 heavy (non-hydrogen) atoms. The fourth-order valence-corrected chi connectivity index (χ4v) is 4.28. The average molecular weight is 595 g/mol. The van der Waals surface area contributed by atoms with E-state index < -0.39 is 12.0 Å². The third-order valence-electron chi connectivity index (χ3n) is 3.85. The fraction of sp³-hybridized carbons (Fsp3) is 0.263. The first-order chi connectivity index (χ1) is 12.6. The topological polar surface area (TPSA) is 95.9 Å². The molecule has 0 saturated carbocycles. The number of ether oxygens (including phenoxy) is 1. The van der Waals surface area contributed by atoms with Gasteiger partial charge in [0.25, 0.3) is 0 Å². The number of halogens is 2. The quantitative estimate of drug-likeness (QED) is 0.437. The van der Waals surface area contributed by atoms with Crippen LogP contribution in [-0.2, 0) is 16.0 Å². The molecule has 2 rings (SSSR count). The monoisotopic (exact) mass is 595 g/mol. The van der Waals surface area contributed by atoms with E-state index in [0.717, 1.165) is 20.3 Å². The van der Waals surface area contributed by atoms with Gasteiger partial charge in [0.05, 0.1) is 7.14 Å². The lowest BCUT2D eigenvalue weighted by Crippen LogP contribution is -2.41. The number of amides is 1. The highest BCUT2D eigenvalue weighted by molar-refractivity contribution is 14.1. The lowest BCUT2D eigenvalue weighted by molar-refractivity contribution is -0.141. The van der Waals surface area contributed by atoms with Gasteiger partial charge >= 0.3 is 5.97 Å². The van der Waals surface area contributed by atoms with Crippen molar-refractivity contribution in [3.8, 4) is 17.2 Å². The Bertz CT molecular complexity index is 852. The maximum absolute atomic E-state index is 11.3. The molecule has 1 unspecified atom stereocenters. The summed E-state index contributed by atoms with van der Waals surface area (Å²) in [7, 11) is 0. The van der Waals surface area contributed by atoms with Crippen LogP contribution < -0.4 is 10.1 Å². The van der Waals surface area contributed by atoms with Crippen molar-refractivity contribution >= 4 is 57.1 Å². The van der Waals surface area contributed by atoms with Crippen LogP contribution in [0.5, 0.6) is 17.2 Å². The lowest BCUT2D eigenvalue weighted by atomic mass is 10.0. The molecule has 144 valence electrons. The summed E-state index contributed by atoms with van der Waals surface area (Å²) < 4.78 is 7.55. The molecular weight excluding hydrogens is 576 g/mol. The molecule has 0 aliphatic carbocycles. The molecule has 1 amide bonds. The van der Waals surface area contributed by atoms with Gasteiger partial charge in [-0.3, -0.25) is 4.79 Å². The smallest absolute Gasteiger partial charge is 0.326 e. The van der Waals surface area contributed by atoms with Crippen LogP contribution in [0, 0.1) is 21.0 Å². The predicted molar refractivity (Wildman–Crippen MR) is 118 cm³/mol. The van der Waals surface area contributed by atoms with Crippen LogP contribution in [0.25, 0.3) is 0 Å². The maximum Gasteiger partial charge on any atom is 0.326 e. The molecule has 0 aliphatic heterocycles. The maximum atomic E-state index is 11.3. The Hall–Kier alpha value is -1.56. The standard InChI is InChI=1S/C19H19I2NO5/c1-9-5-13(8-14(20)17(9)24)27-18-10(2)4-12(6-15(18)21)7-16(19(25)26)22-11(3)23/h4-6,8,16,24H,7H2,1-3H3,(H,22,23)(H,25,26). The van der Waals surface area contributed by atoms with E-state index in [1.165, 1.54) is 6.92 Å². The normalized spacial score (nSPS) is 11.7. The number of carbonyl (C=O) groups is 2. The minimum Gasteiger partial charge on any atom is -0.507 e. The van der Waals surface area contributed by atoms with Gasteiger partial charge in [-0.1, -0.05) is 6.07 Å². The number of hydrogen-bond acceptors (Lipinski definition) is 4. The number of nitrogens with one attached hydrogen (secondary N) is 1. The van der Waals surface area contributed by atoms with Crippen LogP contribution in [-0.4, -0.2) is 28.1 Å². The van der Waals surface area contributed by atoms with E-state index in [9.17, 15) is 19.8 Å². The number of carboxylic acid groups (broad SMARTS) is 1. The van der Waals surface area contributed by atoms with Gasteiger partial charge in [-0.05, 0) is 93.9 Å². The van der Waals surface area contributed by atoms with Crippen molar-refractivity contribution in [1.82, 2.24) is 5.32 Å². The van der Waals surface area contributed by atoms with E-state index in [1.54, 1.807) is 19.1 Å². The molecule has 0 radical (unpaired) electrons. The highest BCUT2D eigenvalue weighted by atomic mass is 127. The minimum atomic E-state index is -1.08. The lowest BCUT2D eigenvalue weighted by Gasteiger charge is -2.17. The summed E-state index contributed by atoms with van der Waals surface area (Å²) >= 11 is 4.19. The molecule has 8 heteroatoms. The Balaban J connectivity index is 2.29. The molecule has 3 N–H and O–H groups in total. The van der Waals surface area contributed by atoms with Crippen molar-refractivity contribution in [2.75, 3.05) is 0 Å². The third-order valence-corrected chi connectivity index (χ3v) is 5.48. The summed E-state index contributed by atoms with van der Waals surface area (Å²) in [5, 5.41) is 21.6. The Labute approximate surface area is 184 Å². The number of carboxylic acids is 1. The first-order valence-electron chi connectivity index (χ1n) is 8.04. The van der Waals surface area contributed by atoms with Crippen molar-refractivity contribution in [3.63, 3.8) is 0 Å². The minimum absolute atomic E-state index is 0.183. The molecule has 0 aliphatic rings. The fourth-order valence-electron chi connectivity index (χ4n) is 2.61. The van der Waals surface area contributed by atoms with Crippen LogP contribution >= 0.6 is 45.2 Å². The van der Waals surface area contributed by atoms with Gasteiger partial charge in [0.15, 0.2) is 0 Å². The second kappa shape index (κ2) is 9.09. The second-order valence-electron chi connectivity index (χ2n) is 6.19. The number of phenols is 1. The molecule has 0 heterocycles. The van der Waals surface area contributed by atoms with Crippen molar-refractivity contribution in [3.05, 3.63) is 48.1 Å². The number of aromatic hydroxyl groups is 1. The summed E-state index contributed by atoms with van der Waals surface area (Å²) in [5.41, 5.74) is 2.37. The second-order valence-corrected chi connectivity index (χ2v) is 8.52. The summed E-state index contributed by atoms with van der Waals surface area (Å²) in [4.78, 5) is 22.6.